The van der Waals surface area contributed by atoms with Crippen LogP contribution in [0.2, 0.25) is 0 Å². The van der Waals surface area contributed by atoms with Crippen LogP contribution < -0.4 is 9.80 Å². The van der Waals surface area contributed by atoms with E-state index in [2.05, 4.69) is 36.8 Å². The van der Waals surface area contributed by atoms with Crippen LogP contribution in [0.1, 0.15) is 11.1 Å². The van der Waals surface area contributed by atoms with E-state index in [4.69, 9.17) is 21.0 Å². The molecule has 0 heterocycles. The monoisotopic (exact) mass is 542 g/mol. The van der Waals surface area contributed by atoms with Crippen LogP contribution in [0.3, 0.4) is 0 Å². The first kappa shape index (κ1) is 31.3. The largest absolute Gasteiger partial charge is 0.357 e. The summed E-state index contributed by atoms with van der Waals surface area (Å²) in [6.07, 6.45) is 3.47. The highest BCUT2D eigenvalue weighted by Gasteiger charge is 2.11. The van der Waals surface area contributed by atoms with E-state index in [1.165, 1.54) is 0 Å². The minimum Gasteiger partial charge on any atom is -0.357 e. The van der Waals surface area contributed by atoms with Crippen molar-refractivity contribution in [2.24, 2.45) is 0 Å². The number of anilines is 2. The second kappa shape index (κ2) is 16.8. The molecule has 0 radical (unpaired) electrons. The highest BCUT2D eigenvalue weighted by atomic mass is 15.1. The van der Waals surface area contributed by atoms with Crippen molar-refractivity contribution in [1.82, 2.24) is 0 Å². The SMILES string of the molecule is C=CCN(CC#CC#CCN(CC=C)c1ccc(C(C#N)=C(C#N)C#N)cc1)c1ccc(C(C#N)=C(C#N)C#N)cc1. The Labute approximate surface area is 246 Å². The van der Waals surface area contributed by atoms with Crippen molar-refractivity contribution in [3.63, 3.8) is 0 Å². The Balaban J connectivity index is 2.15. The van der Waals surface area contributed by atoms with Gasteiger partial charge in [0.1, 0.15) is 47.6 Å². The normalized spacial score (nSPS) is 8.52. The quantitative estimate of drug-likeness (QED) is 0.231. The maximum Gasteiger partial charge on any atom is 0.148 e. The van der Waals surface area contributed by atoms with Gasteiger partial charge < -0.3 is 9.80 Å². The Hall–Kier alpha value is -6.94. The molecule has 0 spiro atoms. The lowest BCUT2D eigenvalue weighted by Crippen LogP contribution is -2.23. The fraction of sp³-hybridized carbons (Fsp3) is 0.118. The first-order chi connectivity index (χ1) is 20.5. The number of benzene rings is 2. The minimum absolute atomic E-state index is 0.0224. The molecule has 0 aliphatic carbocycles. The van der Waals surface area contributed by atoms with Gasteiger partial charge in [0, 0.05) is 24.5 Å². The second-order valence-corrected chi connectivity index (χ2v) is 8.21. The standard InChI is InChI=1S/C34H22N8/c1-3-17-41(31-13-9-27(10-14-31)33(25-39)29(21-35)22-36)19-7-5-6-8-20-42(18-4-2)32-15-11-28(12-16-32)34(26-40)30(23-37)24-38/h3-4,9-16H,1-2,17-20H2. The Morgan fingerprint density at radius 3 is 1.14 bits per heavy atom. The van der Waals surface area contributed by atoms with Crippen molar-refractivity contribution in [2.75, 3.05) is 36.0 Å². The number of hydrogen-bond acceptors (Lipinski definition) is 8. The maximum absolute atomic E-state index is 9.36. The van der Waals surface area contributed by atoms with Crippen molar-refractivity contribution < 1.29 is 0 Å². The Bertz CT molecular complexity index is 1610. The van der Waals surface area contributed by atoms with Crippen molar-refractivity contribution >= 4 is 22.5 Å². The van der Waals surface area contributed by atoms with Crippen molar-refractivity contribution in [1.29, 1.82) is 31.6 Å². The smallest absolute Gasteiger partial charge is 0.148 e. The van der Waals surface area contributed by atoms with Gasteiger partial charge in [-0.2, -0.15) is 31.6 Å². The summed E-state index contributed by atoms with van der Waals surface area (Å²) in [6.45, 7) is 9.34. The fourth-order valence-corrected chi connectivity index (χ4v) is 3.67. The number of nitriles is 6. The molecule has 42 heavy (non-hydrogen) atoms. The summed E-state index contributed by atoms with van der Waals surface area (Å²) < 4.78 is 0. The molecule has 8 heteroatoms. The van der Waals surface area contributed by atoms with E-state index in [0.717, 1.165) is 11.4 Å². The molecular weight excluding hydrogens is 520 g/mol. The van der Waals surface area contributed by atoms with Crippen LogP contribution in [0.15, 0.2) is 85.0 Å². The lowest BCUT2D eigenvalue weighted by Gasteiger charge is -2.21. The van der Waals surface area contributed by atoms with Crippen molar-refractivity contribution in [3.8, 4) is 60.1 Å². The summed E-state index contributed by atoms with van der Waals surface area (Å²) in [5, 5.41) is 55.0. The van der Waals surface area contributed by atoms with Gasteiger partial charge in [0.2, 0.25) is 0 Å². The van der Waals surface area contributed by atoms with Gasteiger partial charge in [-0.25, -0.2) is 0 Å². The van der Waals surface area contributed by atoms with Gasteiger partial charge in [0.25, 0.3) is 0 Å². The van der Waals surface area contributed by atoms with Crippen LogP contribution >= 0.6 is 0 Å². The van der Waals surface area contributed by atoms with E-state index in [0.29, 0.717) is 37.3 Å². The molecule has 0 aliphatic rings. The molecule has 8 nitrogen and oxygen atoms in total. The van der Waals surface area contributed by atoms with Crippen LogP contribution in [-0.2, 0) is 0 Å². The van der Waals surface area contributed by atoms with E-state index in [-0.39, 0.29) is 22.3 Å². The molecule has 0 N–H and O–H groups in total. The summed E-state index contributed by atoms with van der Waals surface area (Å²) in [7, 11) is 0. The number of hydrogen-bond donors (Lipinski definition) is 0. The van der Waals surface area contributed by atoms with Gasteiger partial charge in [0.05, 0.1) is 24.2 Å². The van der Waals surface area contributed by atoms with Gasteiger partial charge in [0.15, 0.2) is 0 Å². The molecule has 198 valence electrons. The summed E-state index contributed by atoms with van der Waals surface area (Å²) in [6, 6.07) is 24.6. The number of allylic oxidation sites excluding steroid dienone is 4. The van der Waals surface area contributed by atoms with E-state index in [9.17, 15) is 10.5 Å². The van der Waals surface area contributed by atoms with E-state index < -0.39 is 0 Å². The Morgan fingerprint density at radius 1 is 0.548 bits per heavy atom. The molecule has 0 bridgehead atoms. The average molecular weight is 543 g/mol. The van der Waals surface area contributed by atoms with Crippen LogP contribution in [0.5, 0.6) is 0 Å². The zero-order chi connectivity index (χ0) is 30.7. The lowest BCUT2D eigenvalue weighted by atomic mass is 10.0. The third kappa shape index (κ3) is 8.28. The molecule has 0 aromatic heterocycles. The van der Waals surface area contributed by atoms with Crippen molar-refractivity contribution in [3.05, 3.63) is 96.1 Å². The van der Waals surface area contributed by atoms with E-state index in [1.54, 1.807) is 85.0 Å². The predicted octanol–water partition coefficient (Wildman–Crippen LogP) is 5.03. The van der Waals surface area contributed by atoms with Crippen LogP contribution in [0.4, 0.5) is 11.4 Å². The predicted molar refractivity (Wildman–Crippen MR) is 161 cm³/mol. The molecule has 0 saturated heterocycles. The van der Waals surface area contributed by atoms with Crippen molar-refractivity contribution in [2.45, 2.75) is 0 Å². The molecule has 0 amide bonds. The van der Waals surface area contributed by atoms with Crippen LogP contribution in [0.25, 0.3) is 11.1 Å². The number of nitrogens with zero attached hydrogens (tertiary/aromatic N) is 8. The summed E-state index contributed by atoms with van der Waals surface area (Å²) in [5.41, 5.74) is 2.16. The molecule has 2 aromatic carbocycles. The minimum atomic E-state index is -0.239. The first-order valence-corrected chi connectivity index (χ1v) is 12.3. The lowest BCUT2D eigenvalue weighted by molar-refractivity contribution is 0.969. The van der Waals surface area contributed by atoms with Gasteiger partial charge in [-0.15, -0.1) is 13.2 Å². The molecule has 0 fully saturated rings. The molecule has 2 aromatic rings. The highest BCUT2D eigenvalue weighted by Crippen LogP contribution is 2.23. The molecule has 0 atom stereocenters. The molecular formula is C34H22N8. The first-order valence-electron chi connectivity index (χ1n) is 12.3. The highest BCUT2D eigenvalue weighted by molar-refractivity contribution is 5.85. The van der Waals surface area contributed by atoms with Crippen LogP contribution in [0, 0.1) is 91.7 Å². The van der Waals surface area contributed by atoms with E-state index >= 15 is 0 Å². The summed E-state index contributed by atoms with van der Waals surface area (Å²) >= 11 is 0. The topological polar surface area (TPSA) is 149 Å². The molecule has 0 unspecified atom stereocenters. The average Bonchev–Trinajstić information content (AvgIpc) is 3.03. The number of rotatable bonds is 10. The Kier molecular flexibility index (Phi) is 12.5. The molecule has 2 rings (SSSR count). The van der Waals surface area contributed by atoms with Crippen LogP contribution in [-0.4, -0.2) is 26.2 Å². The van der Waals surface area contributed by atoms with E-state index in [1.807, 2.05) is 21.9 Å². The van der Waals surface area contributed by atoms with Gasteiger partial charge in [-0.3, -0.25) is 0 Å². The summed E-state index contributed by atoms with van der Waals surface area (Å²) in [4.78, 5) is 3.91. The van der Waals surface area contributed by atoms with Gasteiger partial charge in [-0.1, -0.05) is 48.3 Å². The zero-order valence-electron chi connectivity index (χ0n) is 22.6. The zero-order valence-corrected chi connectivity index (χ0v) is 22.6. The maximum atomic E-state index is 9.36. The third-order valence-corrected chi connectivity index (χ3v) is 5.69. The van der Waals surface area contributed by atoms with Gasteiger partial charge >= 0.3 is 0 Å². The summed E-state index contributed by atoms with van der Waals surface area (Å²) in [5.74, 6) is 11.8. The van der Waals surface area contributed by atoms with Gasteiger partial charge in [-0.05, 0) is 47.2 Å². The fourth-order valence-electron chi connectivity index (χ4n) is 3.67. The third-order valence-electron chi connectivity index (χ3n) is 5.69. The Morgan fingerprint density at radius 2 is 0.881 bits per heavy atom. The molecule has 0 saturated carbocycles. The second-order valence-electron chi connectivity index (χ2n) is 8.21. The molecule has 0 aliphatic heterocycles.